The summed E-state index contributed by atoms with van der Waals surface area (Å²) < 4.78 is 0.902. The topological polar surface area (TPSA) is 49.4 Å². The van der Waals surface area contributed by atoms with E-state index in [9.17, 15) is 9.59 Å². The normalized spacial score (nSPS) is 17.4. The molecule has 0 aromatic heterocycles. The minimum atomic E-state index is -0.331. The van der Waals surface area contributed by atoms with Gasteiger partial charge in [0.25, 0.3) is 0 Å². The molecule has 5 heteroatoms. The van der Waals surface area contributed by atoms with Crippen molar-refractivity contribution in [2.45, 2.75) is 13.3 Å². The van der Waals surface area contributed by atoms with Crippen LogP contribution < -0.4 is 10.2 Å². The SMILES string of the molecule is Cc1ccc(N2C[C@H](C(=O)Nc3cccc(Br)c3)CC2=O)cc1. The van der Waals surface area contributed by atoms with Crippen LogP contribution in [-0.2, 0) is 9.59 Å². The van der Waals surface area contributed by atoms with Crippen LogP contribution in [0.15, 0.2) is 53.0 Å². The Labute approximate surface area is 143 Å². The molecular formula is C18H17BrN2O2. The van der Waals surface area contributed by atoms with Crippen molar-refractivity contribution in [3.8, 4) is 0 Å². The van der Waals surface area contributed by atoms with Gasteiger partial charge in [-0.25, -0.2) is 0 Å². The molecule has 0 spiro atoms. The lowest BCUT2D eigenvalue weighted by Crippen LogP contribution is -2.28. The third-order valence-corrected chi connectivity index (χ3v) is 4.43. The van der Waals surface area contributed by atoms with Gasteiger partial charge in [-0.3, -0.25) is 9.59 Å². The van der Waals surface area contributed by atoms with E-state index in [1.54, 1.807) is 4.90 Å². The zero-order valence-electron chi connectivity index (χ0n) is 12.8. The first kappa shape index (κ1) is 15.7. The quantitative estimate of drug-likeness (QED) is 0.891. The van der Waals surface area contributed by atoms with Gasteiger partial charge in [0, 0.05) is 28.8 Å². The van der Waals surface area contributed by atoms with E-state index in [0.717, 1.165) is 21.4 Å². The number of halogens is 1. The van der Waals surface area contributed by atoms with Crippen LogP contribution in [0.25, 0.3) is 0 Å². The van der Waals surface area contributed by atoms with Gasteiger partial charge in [-0.1, -0.05) is 39.7 Å². The summed E-state index contributed by atoms with van der Waals surface area (Å²) in [7, 11) is 0. The molecule has 0 unspecified atom stereocenters. The van der Waals surface area contributed by atoms with Crippen molar-refractivity contribution in [1.29, 1.82) is 0 Å². The van der Waals surface area contributed by atoms with Crippen molar-refractivity contribution in [3.05, 3.63) is 58.6 Å². The summed E-state index contributed by atoms with van der Waals surface area (Å²) in [6.45, 7) is 2.42. The molecule has 3 rings (SSSR count). The molecule has 1 fully saturated rings. The fraction of sp³-hybridized carbons (Fsp3) is 0.222. The number of amides is 2. The summed E-state index contributed by atoms with van der Waals surface area (Å²) in [6, 6.07) is 15.2. The molecule has 1 N–H and O–H groups in total. The summed E-state index contributed by atoms with van der Waals surface area (Å²) >= 11 is 3.38. The standard InChI is InChI=1S/C18H17BrN2O2/c1-12-5-7-16(8-6-12)21-11-13(9-17(21)22)18(23)20-15-4-2-3-14(19)10-15/h2-8,10,13H,9,11H2,1H3,(H,20,23)/t13-/m1/s1. The minimum absolute atomic E-state index is 0.0109. The van der Waals surface area contributed by atoms with Crippen LogP contribution in [0, 0.1) is 12.8 Å². The Morgan fingerprint density at radius 1 is 1.22 bits per heavy atom. The molecule has 0 aliphatic carbocycles. The van der Waals surface area contributed by atoms with Crippen LogP contribution in [0.1, 0.15) is 12.0 Å². The van der Waals surface area contributed by atoms with E-state index < -0.39 is 0 Å². The van der Waals surface area contributed by atoms with Gasteiger partial charge >= 0.3 is 0 Å². The smallest absolute Gasteiger partial charge is 0.229 e. The second-order valence-electron chi connectivity index (χ2n) is 5.74. The molecule has 0 bridgehead atoms. The molecule has 1 heterocycles. The first-order chi connectivity index (χ1) is 11.0. The molecule has 2 amide bonds. The van der Waals surface area contributed by atoms with E-state index in [0.29, 0.717) is 6.54 Å². The first-order valence-corrected chi connectivity index (χ1v) is 8.26. The largest absolute Gasteiger partial charge is 0.326 e. The molecule has 1 aliphatic rings. The Bertz CT molecular complexity index is 743. The van der Waals surface area contributed by atoms with Gasteiger partial charge in [0.1, 0.15) is 0 Å². The number of nitrogens with one attached hydrogen (secondary N) is 1. The predicted molar refractivity (Wildman–Crippen MR) is 94.4 cm³/mol. The molecule has 118 valence electrons. The van der Waals surface area contributed by atoms with E-state index in [-0.39, 0.29) is 24.2 Å². The predicted octanol–water partition coefficient (Wildman–Crippen LogP) is 3.75. The molecule has 1 saturated heterocycles. The average Bonchev–Trinajstić information content (AvgIpc) is 2.90. The molecule has 0 radical (unpaired) electrons. The van der Waals surface area contributed by atoms with Crippen molar-refractivity contribution < 1.29 is 9.59 Å². The lowest BCUT2D eigenvalue weighted by atomic mass is 10.1. The van der Waals surface area contributed by atoms with E-state index in [1.165, 1.54) is 0 Å². The van der Waals surface area contributed by atoms with Gasteiger partial charge < -0.3 is 10.2 Å². The number of carbonyl (C=O) groups is 2. The molecule has 2 aromatic carbocycles. The number of hydrogen-bond acceptors (Lipinski definition) is 2. The number of aryl methyl sites for hydroxylation is 1. The van der Waals surface area contributed by atoms with Crippen LogP contribution in [0.5, 0.6) is 0 Å². The van der Waals surface area contributed by atoms with Crippen molar-refractivity contribution in [2.24, 2.45) is 5.92 Å². The van der Waals surface area contributed by atoms with Gasteiger partial charge in [-0.05, 0) is 37.3 Å². The van der Waals surface area contributed by atoms with Crippen molar-refractivity contribution in [1.82, 2.24) is 0 Å². The maximum Gasteiger partial charge on any atom is 0.229 e. The second kappa shape index (κ2) is 6.54. The van der Waals surface area contributed by atoms with Gasteiger partial charge in [-0.2, -0.15) is 0 Å². The fourth-order valence-electron chi connectivity index (χ4n) is 2.67. The number of rotatable bonds is 3. The lowest BCUT2D eigenvalue weighted by Gasteiger charge is -2.17. The zero-order valence-corrected chi connectivity index (χ0v) is 14.3. The summed E-state index contributed by atoms with van der Waals surface area (Å²) in [6.07, 6.45) is 0.244. The molecule has 0 saturated carbocycles. The second-order valence-corrected chi connectivity index (χ2v) is 6.66. The Balaban J connectivity index is 1.69. The third-order valence-electron chi connectivity index (χ3n) is 3.93. The van der Waals surface area contributed by atoms with Crippen LogP contribution in [0.3, 0.4) is 0 Å². The van der Waals surface area contributed by atoms with E-state index in [1.807, 2.05) is 55.5 Å². The first-order valence-electron chi connectivity index (χ1n) is 7.46. The molecule has 2 aromatic rings. The highest BCUT2D eigenvalue weighted by Gasteiger charge is 2.35. The number of benzene rings is 2. The highest BCUT2D eigenvalue weighted by molar-refractivity contribution is 9.10. The maximum atomic E-state index is 12.4. The molecule has 4 nitrogen and oxygen atoms in total. The highest BCUT2D eigenvalue weighted by atomic mass is 79.9. The van der Waals surface area contributed by atoms with Gasteiger partial charge in [0.05, 0.1) is 5.92 Å². The Morgan fingerprint density at radius 3 is 2.65 bits per heavy atom. The Morgan fingerprint density at radius 2 is 1.96 bits per heavy atom. The Kier molecular flexibility index (Phi) is 4.48. The van der Waals surface area contributed by atoms with Gasteiger partial charge in [0.15, 0.2) is 0 Å². The Hall–Kier alpha value is -2.14. The summed E-state index contributed by atoms with van der Waals surface area (Å²) in [5.41, 5.74) is 2.72. The van der Waals surface area contributed by atoms with Crippen LogP contribution in [-0.4, -0.2) is 18.4 Å². The van der Waals surface area contributed by atoms with E-state index >= 15 is 0 Å². The van der Waals surface area contributed by atoms with Crippen LogP contribution in [0.4, 0.5) is 11.4 Å². The highest BCUT2D eigenvalue weighted by Crippen LogP contribution is 2.26. The number of nitrogens with zero attached hydrogens (tertiary/aromatic N) is 1. The summed E-state index contributed by atoms with van der Waals surface area (Å²) in [5.74, 6) is -0.461. The van der Waals surface area contributed by atoms with Crippen molar-refractivity contribution >= 4 is 39.1 Å². The molecule has 23 heavy (non-hydrogen) atoms. The average molecular weight is 373 g/mol. The van der Waals surface area contributed by atoms with E-state index in [4.69, 9.17) is 0 Å². The van der Waals surface area contributed by atoms with Crippen molar-refractivity contribution in [2.75, 3.05) is 16.8 Å². The number of anilines is 2. The molecule has 1 aliphatic heterocycles. The number of carbonyl (C=O) groups excluding carboxylic acids is 2. The summed E-state index contributed by atoms with van der Waals surface area (Å²) in [4.78, 5) is 26.3. The monoisotopic (exact) mass is 372 g/mol. The van der Waals surface area contributed by atoms with Crippen molar-refractivity contribution in [3.63, 3.8) is 0 Å². The zero-order chi connectivity index (χ0) is 16.4. The maximum absolute atomic E-state index is 12.4. The van der Waals surface area contributed by atoms with Gasteiger partial charge in [-0.15, -0.1) is 0 Å². The lowest BCUT2D eigenvalue weighted by molar-refractivity contribution is -0.122. The van der Waals surface area contributed by atoms with Gasteiger partial charge in [0.2, 0.25) is 11.8 Å². The minimum Gasteiger partial charge on any atom is -0.326 e. The molecule has 1 atom stereocenters. The van der Waals surface area contributed by atoms with Crippen LogP contribution >= 0.6 is 15.9 Å². The third kappa shape index (κ3) is 3.62. The summed E-state index contributed by atoms with van der Waals surface area (Å²) in [5, 5.41) is 2.88. The fourth-order valence-corrected chi connectivity index (χ4v) is 3.07. The van der Waals surface area contributed by atoms with Crippen LogP contribution in [0.2, 0.25) is 0 Å². The number of hydrogen-bond donors (Lipinski definition) is 1. The molecular weight excluding hydrogens is 356 g/mol. The van der Waals surface area contributed by atoms with E-state index in [2.05, 4.69) is 21.2 Å².